The van der Waals surface area contributed by atoms with Gasteiger partial charge in [0, 0.05) is 5.75 Å². The normalized spacial score (nSPS) is 19.7. The van der Waals surface area contributed by atoms with Gasteiger partial charge in [-0.15, -0.1) is 11.8 Å². The highest BCUT2D eigenvalue weighted by Crippen LogP contribution is 2.23. The second-order valence-corrected chi connectivity index (χ2v) is 5.74. The molecule has 0 aliphatic carbocycles. The summed E-state index contributed by atoms with van der Waals surface area (Å²) >= 11 is 1.44. The van der Waals surface area contributed by atoms with E-state index in [1.165, 1.54) is 16.7 Å². The summed E-state index contributed by atoms with van der Waals surface area (Å²) in [6, 6.07) is 6.67. The minimum absolute atomic E-state index is 0.288. The molecule has 6 heteroatoms. The first-order valence-corrected chi connectivity index (χ1v) is 7.49. The molecule has 2 atom stereocenters. The molecule has 1 unspecified atom stereocenters. The van der Waals surface area contributed by atoms with E-state index in [0.717, 1.165) is 5.56 Å². The third kappa shape index (κ3) is 3.25. The van der Waals surface area contributed by atoms with E-state index in [2.05, 4.69) is 0 Å². The Morgan fingerprint density at radius 3 is 2.90 bits per heavy atom. The third-order valence-corrected chi connectivity index (χ3v) is 4.11. The molecule has 1 heterocycles. The largest absolute Gasteiger partial charge is 0.481 e. The van der Waals surface area contributed by atoms with Gasteiger partial charge in [-0.25, -0.2) is 4.79 Å². The summed E-state index contributed by atoms with van der Waals surface area (Å²) in [5, 5.41) is 9.09. The summed E-state index contributed by atoms with van der Waals surface area (Å²) in [5.41, 5.74) is 1.04. The second-order valence-electron chi connectivity index (χ2n) is 4.74. The molecule has 1 aliphatic heterocycles. The third-order valence-electron chi connectivity index (χ3n) is 3.10. The number of ether oxygens (including phenoxy) is 1. The Morgan fingerprint density at radius 2 is 2.25 bits per heavy atom. The second kappa shape index (κ2) is 6.17. The van der Waals surface area contributed by atoms with Gasteiger partial charge in [0.1, 0.15) is 11.8 Å². The van der Waals surface area contributed by atoms with E-state index in [-0.39, 0.29) is 5.91 Å². The maximum atomic E-state index is 12.3. The molecule has 2 rings (SSSR count). The SMILES string of the molecule is Cc1cccc(OC(C)C(=O)N2CSC[C@H]2C(=O)O)c1. The average Bonchev–Trinajstić information content (AvgIpc) is 2.87. The lowest BCUT2D eigenvalue weighted by molar-refractivity contribution is -0.150. The summed E-state index contributed by atoms with van der Waals surface area (Å²) < 4.78 is 5.60. The fourth-order valence-corrected chi connectivity index (χ4v) is 3.20. The fourth-order valence-electron chi connectivity index (χ4n) is 2.04. The topological polar surface area (TPSA) is 66.8 Å². The molecule has 1 aromatic carbocycles. The lowest BCUT2D eigenvalue weighted by Gasteiger charge is -2.24. The number of benzene rings is 1. The Morgan fingerprint density at radius 1 is 1.50 bits per heavy atom. The molecule has 0 radical (unpaired) electrons. The van der Waals surface area contributed by atoms with Gasteiger partial charge in [-0.05, 0) is 31.5 Å². The Labute approximate surface area is 121 Å². The minimum Gasteiger partial charge on any atom is -0.481 e. The molecule has 1 fully saturated rings. The molecule has 0 aromatic heterocycles. The van der Waals surface area contributed by atoms with Gasteiger partial charge in [0.25, 0.3) is 5.91 Å². The zero-order chi connectivity index (χ0) is 14.7. The zero-order valence-corrected chi connectivity index (χ0v) is 12.2. The van der Waals surface area contributed by atoms with Crippen molar-refractivity contribution in [1.82, 2.24) is 4.90 Å². The maximum absolute atomic E-state index is 12.3. The predicted molar refractivity (Wildman–Crippen MR) is 76.9 cm³/mol. The van der Waals surface area contributed by atoms with E-state index in [1.807, 2.05) is 25.1 Å². The van der Waals surface area contributed by atoms with Gasteiger partial charge in [-0.3, -0.25) is 4.79 Å². The van der Waals surface area contributed by atoms with Gasteiger partial charge >= 0.3 is 5.97 Å². The molecule has 1 aromatic rings. The highest BCUT2D eigenvalue weighted by molar-refractivity contribution is 7.99. The molecule has 0 spiro atoms. The van der Waals surface area contributed by atoms with Crippen LogP contribution in [0.1, 0.15) is 12.5 Å². The smallest absolute Gasteiger partial charge is 0.327 e. The number of aliphatic carboxylic acids is 1. The van der Waals surface area contributed by atoms with Crippen LogP contribution in [0.15, 0.2) is 24.3 Å². The molecule has 0 bridgehead atoms. The number of carbonyl (C=O) groups is 2. The fraction of sp³-hybridized carbons (Fsp3) is 0.429. The molecule has 1 saturated heterocycles. The number of aryl methyl sites for hydroxylation is 1. The van der Waals surface area contributed by atoms with Crippen LogP contribution in [0.5, 0.6) is 5.75 Å². The average molecular weight is 295 g/mol. The van der Waals surface area contributed by atoms with Gasteiger partial charge in [-0.2, -0.15) is 0 Å². The van der Waals surface area contributed by atoms with E-state index < -0.39 is 18.1 Å². The van der Waals surface area contributed by atoms with Crippen molar-refractivity contribution < 1.29 is 19.4 Å². The molecular formula is C14H17NO4S. The van der Waals surface area contributed by atoms with Crippen LogP contribution in [0.4, 0.5) is 0 Å². The number of amides is 1. The summed E-state index contributed by atoms with van der Waals surface area (Å²) in [6.07, 6.45) is -0.697. The number of hydrogen-bond acceptors (Lipinski definition) is 4. The number of carbonyl (C=O) groups excluding carboxylic acids is 1. The van der Waals surface area contributed by atoms with Gasteiger partial charge in [0.15, 0.2) is 6.10 Å². The number of nitrogens with zero attached hydrogens (tertiary/aromatic N) is 1. The Kier molecular flexibility index (Phi) is 4.54. The number of hydrogen-bond donors (Lipinski definition) is 1. The van der Waals surface area contributed by atoms with Crippen molar-refractivity contribution in [3.8, 4) is 5.75 Å². The summed E-state index contributed by atoms with van der Waals surface area (Å²) in [6.45, 7) is 3.59. The molecule has 0 saturated carbocycles. The quantitative estimate of drug-likeness (QED) is 0.916. The van der Waals surface area contributed by atoms with Gasteiger partial charge in [0.2, 0.25) is 0 Å². The zero-order valence-electron chi connectivity index (χ0n) is 11.4. The van der Waals surface area contributed by atoms with Crippen molar-refractivity contribution in [3.63, 3.8) is 0 Å². The van der Waals surface area contributed by atoms with Gasteiger partial charge in [0.05, 0.1) is 5.88 Å². The van der Waals surface area contributed by atoms with Crippen LogP contribution in [0.2, 0.25) is 0 Å². The van der Waals surface area contributed by atoms with E-state index in [1.54, 1.807) is 13.0 Å². The van der Waals surface area contributed by atoms with Crippen molar-refractivity contribution in [2.24, 2.45) is 0 Å². The monoisotopic (exact) mass is 295 g/mol. The van der Waals surface area contributed by atoms with Crippen LogP contribution >= 0.6 is 11.8 Å². The van der Waals surface area contributed by atoms with Crippen LogP contribution in [-0.2, 0) is 9.59 Å². The molecule has 5 nitrogen and oxygen atoms in total. The lowest BCUT2D eigenvalue weighted by Crippen LogP contribution is -2.47. The van der Waals surface area contributed by atoms with Crippen LogP contribution in [0.3, 0.4) is 0 Å². The van der Waals surface area contributed by atoms with E-state index in [0.29, 0.717) is 17.4 Å². The Hall–Kier alpha value is -1.69. The van der Waals surface area contributed by atoms with Gasteiger partial charge in [-0.1, -0.05) is 12.1 Å². The van der Waals surface area contributed by atoms with Crippen molar-refractivity contribution in [3.05, 3.63) is 29.8 Å². The first-order chi connectivity index (χ1) is 9.49. The van der Waals surface area contributed by atoms with Crippen LogP contribution < -0.4 is 4.74 Å². The van der Waals surface area contributed by atoms with E-state index in [9.17, 15) is 9.59 Å². The molecular weight excluding hydrogens is 278 g/mol. The first-order valence-electron chi connectivity index (χ1n) is 6.33. The van der Waals surface area contributed by atoms with Crippen molar-refractivity contribution in [2.45, 2.75) is 26.0 Å². The Bertz CT molecular complexity index is 520. The number of carboxylic acids is 1. The minimum atomic E-state index is -0.967. The Balaban J connectivity index is 2.03. The van der Waals surface area contributed by atoms with Gasteiger partial charge < -0.3 is 14.7 Å². The summed E-state index contributed by atoms with van der Waals surface area (Å²) in [7, 11) is 0. The van der Waals surface area contributed by atoms with Crippen molar-refractivity contribution in [1.29, 1.82) is 0 Å². The van der Waals surface area contributed by atoms with Crippen molar-refractivity contribution in [2.75, 3.05) is 11.6 Å². The highest BCUT2D eigenvalue weighted by Gasteiger charge is 2.37. The van der Waals surface area contributed by atoms with Crippen molar-refractivity contribution >= 4 is 23.6 Å². The molecule has 1 N–H and O–H groups in total. The predicted octanol–water partition coefficient (Wildman–Crippen LogP) is 1.75. The van der Waals surface area contributed by atoms with E-state index in [4.69, 9.17) is 9.84 Å². The molecule has 108 valence electrons. The van der Waals surface area contributed by atoms with Crippen LogP contribution in [0, 0.1) is 6.92 Å². The number of carboxylic acid groups (broad SMARTS) is 1. The van der Waals surface area contributed by atoms with Crippen LogP contribution in [-0.4, -0.2) is 45.7 Å². The standard InChI is InChI=1S/C14H17NO4S/c1-9-4-3-5-11(6-9)19-10(2)13(16)15-8-20-7-12(15)14(17)18/h3-6,10,12H,7-8H2,1-2H3,(H,17,18)/t10?,12-/m0/s1. The maximum Gasteiger partial charge on any atom is 0.327 e. The molecule has 1 aliphatic rings. The summed E-state index contributed by atoms with van der Waals surface area (Å²) in [5.74, 6) is 0.190. The number of rotatable bonds is 4. The summed E-state index contributed by atoms with van der Waals surface area (Å²) in [4.78, 5) is 24.7. The lowest BCUT2D eigenvalue weighted by atomic mass is 10.2. The first kappa shape index (κ1) is 14.7. The molecule has 20 heavy (non-hydrogen) atoms. The van der Waals surface area contributed by atoms with E-state index >= 15 is 0 Å². The molecule has 1 amide bonds. The van der Waals surface area contributed by atoms with Crippen LogP contribution in [0.25, 0.3) is 0 Å². The highest BCUT2D eigenvalue weighted by atomic mass is 32.2. The number of thioether (sulfide) groups is 1.